The number of anilines is 1. The van der Waals surface area contributed by atoms with E-state index in [1.54, 1.807) is 13.0 Å². The summed E-state index contributed by atoms with van der Waals surface area (Å²) < 4.78 is 0. The third kappa shape index (κ3) is 4.31. The number of benzene rings is 1. The van der Waals surface area contributed by atoms with E-state index in [1.807, 2.05) is 20.8 Å². The van der Waals surface area contributed by atoms with Gasteiger partial charge in [-0.15, -0.1) is 0 Å². The van der Waals surface area contributed by atoms with Crippen molar-refractivity contribution in [3.63, 3.8) is 0 Å². The fourth-order valence-electron chi connectivity index (χ4n) is 1.57. The Morgan fingerprint density at radius 3 is 2.55 bits per heavy atom. The number of amides is 1. The Morgan fingerprint density at radius 1 is 1.45 bits per heavy atom. The number of hydrogen-bond acceptors (Lipinski definition) is 4. The largest absolute Gasteiger partial charge is 0.327 e. The van der Waals surface area contributed by atoms with E-state index in [1.165, 1.54) is 12.1 Å². The summed E-state index contributed by atoms with van der Waals surface area (Å²) in [4.78, 5) is 22.2. The molecule has 6 nitrogen and oxygen atoms in total. The smallest absolute Gasteiger partial charge is 0.271 e. The number of non-ortho nitro benzene ring substituents is 1. The van der Waals surface area contributed by atoms with Gasteiger partial charge < -0.3 is 11.1 Å². The molecule has 0 fully saturated rings. The lowest BCUT2D eigenvalue weighted by atomic mass is 9.85. The predicted molar refractivity (Wildman–Crippen MR) is 78.5 cm³/mol. The van der Waals surface area contributed by atoms with Crippen LogP contribution in [0, 0.1) is 22.5 Å². The van der Waals surface area contributed by atoms with Gasteiger partial charge in [0.1, 0.15) is 0 Å². The van der Waals surface area contributed by atoms with Crippen LogP contribution in [0.3, 0.4) is 0 Å². The average Bonchev–Trinajstić information content (AvgIpc) is 2.30. The molecule has 0 bridgehead atoms. The molecule has 1 aromatic carbocycles. The summed E-state index contributed by atoms with van der Waals surface area (Å²) in [5.74, 6) is -0.240. The van der Waals surface area contributed by atoms with Crippen molar-refractivity contribution in [2.45, 2.75) is 40.2 Å². The second-order valence-electron chi connectivity index (χ2n) is 5.98. The highest BCUT2D eigenvalue weighted by atomic mass is 16.6. The minimum Gasteiger partial charge on any atom is -0.327 e. The van der Waals surface area contributed by atoms with E-state index < -0.39 is 4.92 Å². The van der Waals surface area contributed by atoms with Gasteiger partial charge in [-0.1, -0.05) is 26.8 Å². The number of carbonyl (C=O) groups excluding carboxylic acids is 1. The number of carbonyl (C=O) groups is 1. The first kappa shape index (κ1) is 16.1. The monoisotopic (exact) mass is 279 g/mol. The van der Waals surface area contributed by atoms with Gasteiger partial charge in [0.05, 0.1) is 10.6 Å². The van der Waals surface area contributed by atoms with Gasteiger partial charge in [-0.3, -0.25) is 14.9 Å². The van der Waals surface area contributed by atoms with Crippen LogP contribution in [0.15, 0.2) is 18.2 Å². The Bertz CT molecular complexity index is 521. The maximum absolute atomic E-state index is 11.9. The second-order valence-corrected chi connectivity index (χ2v) is 5.98. The molecular weight excluding hydrogens is 258 g/mol. The van der Waals surface area contributed by atoms with Crippen molar-refractivity contribution in [2.24, 2.45) is 11.1 Å². The highest BCUT2D eigenvalue weighted by molar-refractivity contribution is 5.92. The first-order valence-corrected chi connectivity index (χ1v) is 6.41. The molecule has 0 heterocycles. The van der Waals surface area contributed by atoms with Gasteiger partial charge >= 0.3 is 0 Å². The third-order valence-corrected chi connectivity index (χ3v) is 3.22. The molecule has 0 aliphatic carbocycles. The fourth-order valence-corrected chi connectivity index (χ4v) is 1.57. The topological polar surface area (TPSA) is 98.3 Å². The minimum absolute atomic E-state index is 0.0500. The lowest BCUT2D eigenvalue weighted by molar-refractivity contribution is -0.384. The van der Waals surface area contributed by atoms with Gasteiger partial charge in [-0.25, -0.2) is 0 Å². The molecule has 1 unspecified atom stereocenters. The zero-order chi connectivity index (χ0) is 15.5. The Hall–Kier alpha value is -1.95. The van der Waals surface area contributed by atoms with Crippen LogP contribution >= 0.6 is 0 Å². The molecule has 0 aliphatic heterocycles. The summed E-state index contributed by atoms with van der Waals surface area (Å²) in [5, 5.41) is 13.4. The second kappa shape index (κ2) is 6.00. The number of hydrogen-bond donors (Lipinski definition) is 2. The molecule has 1 rings (SSSR count). The van der Waals surface area contributed by atoms with Crippen molar-refractivity contribution in [2.75, 3.05) is 5.32 Å². The van der Waals surface area contributed by atoms with Gasteiger partial charge in [-0.2, -0.15) is 0 Å². The minimum atomic E-state index is -0.490. The first-order chi connectivity index (χ1) is 9.11. The van der Waals surface area contributed by atoms with E-state index >= 15 is 0 Å². The Kier molecular flexibility index (Phi) is 4.83. The summed E-state index contributed by atoms with van der Waals surface area (Å²) >= 11 is 0. The van der Waals surface area contributed by atoms with Gasteiger partial charge in [0.25, 0.3) is 5.69 Å². The van der Waals surface area contributed by atoms with E-state index in [2.05, 4.69) is 5.32 Å². The van der Waals surface area contributed by atoms with Crippen molar-refractivity contribution >= 4 is 17.3 Å². The number of nitro benzene ring substituents is 1. The molecule has 0 spiro atoms. The third-order valence-electron chi connectivity index (χ3n) is 3.22. The Balaban J connectivity index is 2.80. The van der Waals surface area contributed by atoms with Crippen molar-refractivity contribution in [1.29, 1.82) is 0 Å². The molecule has 1 aromatic rings. The SMILES string of the molecule is Cc1ccc([N+](=O)[O-])cc1NC(=O)CC(N)C(C)(C)C. The average molecular weight is 279 g/mol. The molecule has 1 amide bonds. The maximum Gasteiger partial charge on any atom is 0.271 e. The zero-order valence-electron chi connectivity index (χ0n) is 12.3. The predicted octanol–water partition coefficient (Wildman–Crippen LogP) is 2.61. The Morgan fingerprint density at radius 2 is 2.05 bits per heavy atom. The van der Waals surface area contributed by atoms with Crippen LogP contribution in [0.4, 0.5) is 11.4 Å². The quantitative estimate of drug-likeness (QED) is 0.653. The summed E-state index contributed by atoms with van der Waals surface area (Å²) in [6, 6.07) is 4.10. The molecular formula is C14H21N3O3. The molecule has 1 atom stereocenters. The molecule has 0 aromatic heterocycles. The van der Waals surface area contributed by atoms with Crippen molar-refractivity contribution in [1.82, 2.24) is 0 Å². The van der Waals surface area contributed by atoms with Crippen molar-refractivity contribution < 1.29 is 9.72 Å². The summed E-state index contributed by atoms with van der Waals surface area (Å²) in [6.07, 6.45) is 0.172. The molecule has 0 aliphatic rings. The molecule has 0 saturated carbocycles. The standard InChI is InChI=1S/C14H21N3O3/c1-9-5-6-10(17(19)20)7-11(9)16-13(18)8-12(15)14(2,3)4/h5-7,12H,8,15H2,1-4H3,(H,16,18). The molecule has 3 N–H and O–H groups in total. The summed E-state index contributed by atoms with van der Waals surface area (Å²) in [7, 11) is 0. The zero-order valence-corrected chi connectivity index (χ0v) is 12.3. The van der Waals surface area contributed by atoms with E-state index in [9.17, 15) is 14.9 Å². The maximum atomic E-state index is 11.9. The van der Waals surface area contributed by atoms with Gasteiger partial charge in [0.15, 0.2) is 0 Å². The lowest BCUT2D eigenvalue weighted by Gasteiger charge is -2.26. The van der Waals surface area contributed by atoms with Crippen LogP contribution in [-0.2, 0) is 4.79 Å². The lowest BCUT2D eigenvalue weighted by Crippen LogP contribution is -2.38. The summed E-state index contributed by atoms with van der Waals surface area (Å²) in [5.41, 5.74) is 6.95. The van der Waals surface area contributed by atoms with E-state index in [0.717, 1.165) is 5.56 Å². The van der Waals surface area contributed by atoms with Crippen LogP contribution in [0.1, 0.15) is 32.8 Å². The van der Waals surface area contributed by atoms with E-state index in [-0.39, 0.29) is 29.5 Å². The molecule has 6 heteroatoms. The van der Waals surface area contributed by atoms with E-state index in [4.69, 9.17) is 5.73 Å². The molecule has 0 saturated heterocycles. The van der Waals surface area contributed by atoms with Crippen LogP contribution < -0.4 is 11.1 Å². The number of nitro groups is 1. The number of aryl methyl sites for hydroxylation is 1. The van der Waals surface area contributed by atoms with E-state index in [0.29, 0.717) is 5.69 Å². The molecule has 20 heavy (non-hydrogen) atoms. The number of nitrogens with zero attached hydrogens (tertiary/aromatic N) is 1. The van der Waals surface area contributed by atoms with Gasteiger partial charge in [-0.05, 0) is 17.9 Å². The van der Waals surface area contributed by atoms with Crippen molar-refractivity contribution in [3.8, 4) is 0 Å². The molecule has 110 valence electrons. The highest BCUT2D eigenvalue weighted by Gasteiger charge is 2.23. The number of nitrogens with two attached hydrogens (primary N) is 1. The van der Waals surface area contributed by atoms with Crippen LogP contribution in [-0.4, -0.2) is 16.9 Å². The van der Waals surface area contributed by atoms with Crippen LogP contribution in [0.2, 0.25) is 0 Å². The fraction of sp³-hybridized carbons (Fsp3) is 0.500. The number of rotatable bonds is 4. The Labute approximate surface area is 118 Å². The summed E-state index contributed by atoms with van der Waals surface area (Å²) in [6.45, 7) is 7.67. The van der Waals surface area contributed by atoms with Crippen molar-refractivity contribution in [3.05, 3.63) is 33.9 Å². The highest BCUT2D eigenvalue weighted by Crippen LogP contribution is 2.23. The van der Waals surface area contributed by atoms with Crippen LogP contribution in [0.5, 0.6) is 0 Å². The molecule has 0 radical (unpaired) electrons. The van der Waals surface area contributed by atoms with Gasteiger partial charge in [0.2, 0.25) is 5.91 Å². The number of nitrogens with one attached hydrogen (secondary N) is 1. The van der Waals surface area contributed by atoms with Crippen LogP contribution in [0.25, 0.3) is 0 Å². The normalized spacial score (nSPS) is 12.8. The van der Waals surface area contributed by atoms with Gasteiger partial charge in [0, 0.05) is 24.6 Å². The first-order valence-electron chi connectivity index (χ1n) is 6.41.